The smallest absolute Gasteiger partial charge is 0.254 e. The van der Waals surface area contributed by atoms with Crippen molar-refractivity contribution in [3.8, 4) is 0 Å². The van der Waals surface area contributed by atoms with Crippen molar-refractivity contribution in [3.63, 3.8) is 0 Å². The van der Waals surface area contributed by atoms with Crippen molar-refractivity contribution in [2.75, 3.05) is 13.1 Å². The highest BCUT2D eigenvalue weighted by atomic mass is 19.1. The number of halogens is 3. The number of nitrogens with one attached hydrogen (secondary N) is 1. The van der Waals surface area contributed by atoms with Crippen LogP contribution in [0.5, 0.6) is 0 Å². The molecule has 2 aromatic carbocycles. The van der Waals surface area contributed by atoms with Gasteiger partial charge in [0.15, 0.2) is 5.82 Å². The monoisotopic (exact) mass is 429 g/mol. The third-order valence-electron chi connectivity index (χ3n) is 5.37. The van der Waals surface area contributed by atoms with Crippen molar-refractivity contribution >= 4 is 5.91 Å². The Kier molecular flexibility index (Phi) is 6.03. The minimum Gasteiger partial charge on any atom is -0.342 e. The van der Waals surface area contributed by atoms with Crippen molar-refractivity contribution < 1.29 is 18.0 Å². The van der Waals surface area contributed by atoms with Crippen LogP contribution < -0.4 is 5.32 Å². The number of carbonyl (C=O) groups excluding carboxylic acids is 1. The maximum atomic E-state index is 13.9. The quantitative estimate of drug-likeness (QED) is 0.677. The number of benzene rings is 2. The summed E-state index contributed by atoms with van der Waals surface area (Å²) in [5.74, 6) is -1.09. The Morgan fingerprint density at radius 3 is 2.55 bits per heavy atom. The first-order valence-corrected chi connectivity index (χ1v) is 10.1. The lowest BCUT2D eigenvalue weighted by molar-refractivity contribution is 0.0933. The molecule has 0 aliphatic carbocycles. The molecule has 6 nitrogen and oxygen atoms in total. The molecule has 1 aliphatic rings. The third-order valence-corrected chi connectivity index (χ3v) is 5.37. The van der Waals surface area contributed by atoms with Gasteiger partial charge in [0, 0.05) is 32.6 Å². The minimum absolute atomic E-state index is 0.260. The molecule has 1 amide bonds. The molecule has 31 heavy (non-hydrogen) atoms. The lowest BCUT2D eigenvalue weighted by Crippen LogP contribution is -2.30. The molecule has 0 spiro atoms. The highest BCUT2D eigenvalue weighted by Gasteiger charge is 2.24. The molecule has 9 heteroatoms. The molecule has 0 saturated heterocycles. The van der Waals surface area contributed by atoms with Crippen molar-refractivity contribution in [2.45, 2.75) is 32.5 Å². The number of hydrogen-bond acceptors (Lipinski definition) is 4. The molecular weight excluding hydrogens is 407 g/mol. The van der Waals surface area contributed by atoms with Crippen molar-refractivity contribution in [3.05, 3.63) is 82.7 Å². The van der Waals surface area contributed by atoms with Gasteiger partial charge in [-0.2, -0.15) is 0 Å². The molecule has 0 radical (unpaired) electrons. The van der Waals surface area contributed by atoms with Crippen molar-refractivity contribution in [2.24, 2.45) is 0 Å². The van der Waals surface area contributed by atoms with Crippen LogP contribution in [0.3, 0.4) is 0 Å². The zero-order valence-electron chi connectivity index (χ0n) is 17.0. The second kappa shape index (κ2) is 8.89. The van der Waals surface area contributed by atoms with E-state index >= 15 is 0 Å². The van der Waals surface area contributed by atoms with E-state index in [-0.39, 0.29) is 11.4 Å². The van der Waals surface area contributed by atoms with E-state index in [9.17, 15) is 18.0 Å². The van der Waals surface area contributed by atoms with Crippen LogP contribution >= 0.6 is 0 Å². The summed E-state index contributed by atoms with van der Waals surface area (Å²) < 4.78 is 42.4. The molecule has 2 heterocycles. The molecule has 0 bridgehead atoms. The largest absolute Gasteiger partial charge is 0.342 e. The number of hydrogen-bond donors (Lipinski definition) is 1. The van der Waals surface area contributed by atoms with E-state index in [4.69, 9.17) is 0 Å². The number of rotatable bonds is 5. The van der Waals surface area contributed by atoms with Gasteiger partial charge in [-0.15, -0.1) is 10.2 Å². The zero-order chi connectivity index (χ0) is 22.0. The maximum Gasteiger partial charge on any atom is 0.254 e. The van der Waals surface area contributed by atoms with E-state index < -0.39 is 23.6 Å². The first kappa shape index (κ1) is 21.0. The van der Waals surface area contributed by atoms with Crippen LogP contribution in [0.2, 0.25) is 0 Å². The summed E-state index contributed by atoms with van der Waals surface area (Å²) in [6, 6.07) is 8.66. The summed E-state index contributed by atoms with van der Waals surface area (Å²) >= 11 is 0. The van der Waals surface area contributed by atoms with Gasteiger partial charge in [-0.3, -0.25) is 9.69 Å². The number of fused-ring (bicyclic) bond motifs is 1. The molecule has 1 unspecified atom stereocenters. The van der Waals surface area contributed by atoms with Crippen LogP contribution in [0.1, 0.15) is 40.5 Å². The molecule has 1 atom stereocenters. The van der Waals surface area contributed by atoms with Crippen molar-refractivity contribution in [1.82, 2.24) is 25.0 Å². The van der Waals surface area contributed by atoms with E-state index in [1.165, 1.54) is 12.1 Å². The lowest BCUT2D eigenvalue weighted by atomic mass is 10.1. The van der Waals surface area contributed by atoms with E-state index in [0.717, 1.165) is 42.7 Å². The molecule has 1 aliphatic heterocycles. The normalized spacial score (nSPS) is 15.2. The molecule has 3 aromatic rings. The van der Waals surface area contributed by atoms with Crippen LogP contribution in [0.25, 0.3) is 0 Å². The Balaban J connectivity index is 1.43. The number of aromatic nitrogens is 3. The maximum absolute atomic E-state index is 13.9. The Morgan fingerprint density at radius 2 is 1.77 bits per heavy atom. The van der Waals surface area contributed by atoms with E-state index in [1.807, 2.05) is 4.57 Å². The van der Waals surface area contributed by atoms with Gasteiger partial charge in [0.2, 0.25) is 0 Å². The molecule has 4 rings (SSSR count). The van der Waals surface area contributed by atoms with E-state index in [1.54, 1.807) is 19.1 Å². The molecular formula is C22H22F3N5O. The number of carbonyl (C=O) groups is 1. The molecule has 1 N–H and O–H groups in total. The highest BCUT2D eigenvalue weighted by Crippen LogP contribution is 2.18. The van der Waals surface area contributed by atoms with Crippen LogP contribution in [0.4, 0.5) is 13.2 Å². The van der Waals surface area contributed by atoms with Gasteiger partial charge in [-0.1, -0.05) is 12.1 Å². The average molecular weight is 429 g/mol. The Bertz CT molecular complexity index is 1080. The Morgan fingerprint density at radius 1 is 1.03 bits per heavy atom. The standard InChI is InChI=1S/C22H22F3N5O/c1-14(26-22(31)18-12-17(24)6-7-19(18)25)21-28-27-20-8-9-29(10-11-30(20)21)13-15-2-4-16(23)5-3-15/h2-7,12,14H,8-11,13H2,1H3,(H,26,31). The fourth-order valence-corrected chi connectivity index (χ4v) is 3.73. The van der Waals surface area contributed by atoms with Crippen LogP contribution in [0, 0.1) is 17.5 Å². The molecule has 1 aromatic heterocycles. The van der Waals surface area contributed by atoms with Gasteiger partial charge >= 0.3 is 0 Å². The van der Waals surface area contributed by atoms with Crippen molar-refractivity contribution in [1.29, 1.82) is 0 Å². The van der Waals surface area contributed by atoms with Gasteiger partial charge < -0.3 is 9.88 Å². The lowest BCUT2D eigenvalue weighted by Gasteiger charge is -2.20. The second-order valence-corrected chi connectivity index (χ2v) is 7.60. The van der Waals surface area contributed by atoms with Crippen LogP contribution in [-0.4, -0.2) is 38.7 Å². The second-order valence-electron chi connectivity index (χ2n) is 7.60. The average Bonchev–Trinajstić information content (AvgIpc) is 3.06. The topological polar surface area (TPSA) is 63.1 Å². The third kappa shape index (κ3) is 4.77. The van der Waals surface area contributed by atoms with E-state index in [0.29, 0.717) is 25.3 Å². The van der Waals surface area contributed by atoms with Crippen LogP contribution in [0.15, 0.2) is 42.5 Å². The SMILES string of the molecule is CC(NC(=O)c1cc(F)ccc1F)c1nnc2n1CCN(Cc1ccc(F)cc1)CC2. The highest BCUT2D eigenvalue weighted by molar-refractivity contribution is 5.94. The first-order chi connectivity index (χ1) is 14.9. The summed E-state index contributed by atoms with van der Waals surface area (Å²) in [5.41, 5.74) is 0.671. The summed E-state index contributed by atoms with van der Waals surface area (Å²) in [4.78, 5) is 14.7. The minimum atomic E-state index is -0.789. The molecule has 0 saturated carbocycles. The first-order valence-electron chi connectivity index (χ1n) is 10.1. The summed E-state index contributed by atoms with van der Waals surface area (Å²) in [6.07, 6.45) is 0.674. The van der Waals surface area contributed by atoms with Gasteiger partial charge in [-0.05, 0) is 42.8 Å². The van der Waals surface area contributed by atoms with Gasteiger partial charge in [0.25, 0.3) is 5.91 Å². The van der Waals surface area contributed by atoms with Gasteiger partial charge in [-0.25, -0.2) is 13.2 Å². The number of nitrogens with zero attached hydrogens (tertiary/aromatic N) is 4. The molecule has 162 valence electrons. The fraction of sp³-hybridized carbons (Fsp3) is 0.318. The van der Waals surface area contributed by atoms with Crippen LogP contribution in [-0.2, 0) is 19.5 Å². The van der Waals surface area contributed by atoms with E-state index in [2.05, 4.69) is 20.4 Å². The Hall–Kier alpha value is -3.20. The van der Waals surface area contributed by atoms with Gasteiger partial charge in [0.05, 0.1) is 11.6 Å². The number of amides is 1. The summed E-state index contributed by atoms with van der Waals surface area (Å²) in [6.45, 7) is 4.54. The Labute approximate surface area is 177 Å². The fourth-order valence-electron chi connectivity index (χ4n) is 3.73. The summed E-state index contributed by atoms with van der Waals surface area (Å²) in [5, 5.41) is 11.1. The molecule has 0 fully saturated rings. The zero-order valence-corrected chi connectivity index (χ0v) is 17.0. The summed E-state index contributed by atoms with van der Waals surface area (Å²) in [7, 11) is 0. The predicted molar refractivity (Wildman–Crippen MR) is 108 cm³/mol. The predicted octanol–water partition coefficient (Wildman–Crippen LogP) is 3.24. The van der Waals surface area contributed by atoms with Gasteiger partial charge in [0.1, 0.15) is 23.3 Å².